The zero-order valence-corrected chi connectivity index (χ0v) is 14.0. The average molecular weight is 368 g/mol. The SMILES string of the molecule is CCCNC(=NC)NCc1nc(C)c(C)s1.I. The van der Waals surface area contributed by atoms with Gasteiger partial charge in [0.1, 0.15) is 5.01 Å². The van der Waals surface area contributed by atoms with Gasteiger partial charge in [0.05, 0.1) is 12.2 Å². The van der Waals surface area contributed by atoms with E-state index in [2.05, 4.69) is 34.5 Å². The van der Waals surface area contributed by atoms with Gasteiger partial charge in [-0.2, -0.15) is 0 Å². The number of rotatable bonds is 4. The zero-order valence-electron chi connectivity index (χ0n) is 10.8. The van der Waals surface area contributed by atoms with Crippen LogP contribution in [0.4, 0.5) is 0 Å². The van der Waals surface area contributed by atoms with Crippen LogP contribution in [0.1, 0.15) is 28.9 Å². The number of guanidine groups is 1. The monoisotopic (exact) mass is 368 g/mol. The van der Waals surface area contributed by atoms with Crippen molar-refractivity contribution in [1.29, 1.82) is 0 Å². The summed E-state index contributed by atoms with van der Waals surface area (Å²) in [5.74, 6) is 0.840. The van der Waals surface area contributed by atoms with E-state index in [1.165, 1.54) is 4.88 Å². The van der Waals surface area contributed by atoms with Gasteiger partial charge in [0.2, 0.25) is 0 Å². The summed E-state index contributed by atoms with van der Waals surface area (Å²) >= 11 is 1.73. The van der Waals surface area contributed by atoms with Gasteiger partial charge >= 0.3 is 0 Å². The van der Waals surface area contributed by atoms with E-state index in [9.17, 15) is 0 Å². The molecule has 17 heavy (non-hydrogen) atoms. The summed E-state index contributed by atoms with van der Waals surface area (Å²) in [6, 6.07) is 0. The second-order valence-corrected chi connectivity index (χ2v) is 4.89. The lowest BCUT2D eigenvalue weighted by molar-refractivity contribution is 0.778. The molecule has 0 aromatic carbocycles. The maximum atomic E-state index is 4.47. The molecular formula is C11H21IN4S. The van der Waals surface area contributed by atoms with E-state index in [1.54, 1.807) is 18.4 Å². The van der Waals surface area contributed by atoms with Crippen LogP contribution in [0.15, 0.2) is 4.99 Å². The summed E-state index contributed by atoms with van der Waals surface area (Å²) in [4.78, 5) is 9.90. The Morgan fingerprint density at radius 3 is 2.53 bits per heavy atom. The molecule has 1 heterocycles. The van der Waals surface area contributed by atoms with Crippen LogP contribution in [-0.4, -0.2) is 24.5 Å². The van der Waals surface area contributed by atoms with E-state index >= 15 is 0 Å². The maximum absolute atomic E-state index is 4.47. The smallest absolute Gasteiger partial charge is 0.191 e. The average Bonchev–Trinajstić information content (AvgIpc) is 2.59. The highest BCUT2D eigenvalue weighted by molar-refractivity contribution is 14.0. The fourth-order valence-electron chi connectivity index (χ4n) is 1.24. The molecule has 1 aromatic heterocycles. The van der Waals surface area contributed by atoms with Crippen LogP contribution in [0.5, 0.6) is 0 Å². The van der Waals surface area contributed by atoms with Gasteiger partial charge in [0, 0.05) is 18.5 Å². The first-order chi connectivity index (χ1) is 7.67. The highest BCUT2D eigenvalue weighted by Gasteiger charge is 2.04. The fraction of sp³-hybridized carbons (Fsp3) is 0.636. The number of aryl methyl sites for hydroxylation is 2. The molecule has 0 unspecified atom stereocenters. The number of aliphatic imine (C=N–C) groups is 1. The Morgan fingerprint density at radius 2 is 2.06 bits per heavy atom. The van der Waals surface area contributed by atoms with Gasteiger partial charge in [-0.1, -0.05) is 6.92 Å². The van der Waals surface area contributed by atoms with Crippen molar-refractivity contribution in [3.05, 3.63) is 15.6 Å². The third kappa shape index (κ3) is 5.67. The molecule has 0 atom stereocenters. The van der Waals surface area contributed by atoms with E-state index in [4.69, 9.17) is 0 Å². The van der Waals surface area contributed by atoms with Crippen LogP contribution in [0.3, 0.4) is 0 Å². The Hall–Kier alpha value is -0.370. The molecule has 98 valence electrons. The number of nitrogens with zero attached hydrogens (tertiary/aromatic N) is 2. The number of aromatic nitrogens is 1. The topological polar surface area (TPSA) is 49.3 Å². The van der Waals surface area contributed by atoms with Crippen LogP contribution in [0.2, 0.25) is 0 Å². The molecule has 4 nitrogen and oxygen atoms in total. The van der Waals surface area contributed by atoms with Crippen molar-refractivity contribution in [2.24, 2.45) is 4.99 Å². The van der Waals surface area contributed by atoms with E-state index in [0.717, 1.165) is 36.2 Å². The molecule has 0 saturated heterocycles. The first-order valence-electron chi connectivity index (χ1n) is 5.54. The Bertz CT molecular complexity index is 343. The Labute approximate surface area is 124 Å². The molecular weight excluding hydrogens is 347 g/mol. The zero-order chi connectivity index (χ0) is 12.0. The van der Waals surface area contributed by atoms with Crippen LogP contribution in [0.25, 0.3) is 0 Å². The quantitative estimate of drug-likeness (QED) is 0.488. The standard InChI is InChI=1S/C11H20N4S.HI/c1-5-6-13-11(12-4)14-7-10-15-8(2)9(3)16-10;/h5-7H2,1-4H3,(H2,12,13,14);1H. The first-order valence-corrected chi connectivity index (χ1v) is 6.36. The number of nitrogens with one attached hydrogen (secondary N) is 2. The summed E-state index contributed by atoms with van der Waals surface area (Å²) in [5.41, 5.74) is 1.12. The summed E-state index contributed by atoms with van der Waals surface area (Å²) in [6.45, 7) is 7.95. The lowest BCUT2D eigenvalue weighted by Crippen LogP contribution is -2.37. The van der Waals surface area contributed by atoms with Gasteiger partial charge in [-0.05, 0) is 20.3 Å². The van der Waals surface area contributed by atoms with Crippen molar-refractivity contribution in [2.75, 3.05) is 13.6 Å². The minimum Gasteiger partial charge on any atom is -0.356 e. The molecule has 0 amide bonds. The third-order valence-electron chi connectivity index (χ3n) is 2.25. The van der Waals surface area contributed by atoms with Gasteiger partial charge in [0.15, 0.2) is 5.96 Å². The summed E-state index contributed by atoms with van der Waals surface area (Å²) < 4.78 is 0. The van der Waals surface area contributed by atoms with Crippen molar-refractivity contribution in [3.63, 3.8) is 0 Å². The van der Waals surface area contributed by atoms with Gasteiger partial charge < -0.3 is 10.6 Å². The normalized spacial score (nSPS) is 10.9. The second-order valence-electron chi connectivity index (χ2n) is 3.60. The molecule has 0 radical (unpaired) electrons. The molecule has 0 aliphatic heterocycles. The minimum atomic E-state index is 0. The van der Waals surface area contributed by atoms with Crippen LogP contribution in [0, 0.1) is 13.8 Å². The molecule has 0 saturated carbocycles. The Morgan fingerprint density at radius 1 is 1.35 bits per heavy atom. The number of thiazole rings is 1. The van der Waals surface area contributed by atoms with Crippen molar-refractivity contribution in [3.8, 4) is 0 Å². The summed E-state index contributed by atoms with van der Waals surface area (Å²) in [7, 11) is 1.78. The van der Waals surface area contributed by atoms with Crippen molar-refractivity contribution < 1.29 is 0 Å². The lowest BCUT2D eigenvalue weighted by Gasteiger charge is -2.09. The van der Waals surface area contributed by atoms with E-state index in [0.29, 0.717) is 0 Å². The predicted octanol–water partition coefficient (Wildman–Crippen LogP) is 2.45. The third-order valence-corrected chi connectivity index (χ3v) is 3.32. The molecule has 1 aromatic rings. The van der Waals surface area contributed by atoms with Crippen molar-refractivity contribution >= 4 is 41.3 Å². The molecule has 2 N–H and O–H groups in total. The minimum absolute atomic E-state index is 0. The first kappa shape index (κ1) is 16.6. The van der Waals surface area contributed by atoms with Crippen molar-refractivity contribution in [2.45, 2.75) is 33.7 Å². The molecule has 0 aliphatic carbocycles. The largest absolute Gasteiger partial charge is 0.356 e. The molecule has 1 rings (SSSR count). The van der Waals surface area contributed by atoms with E-state index < -0.39 is 0 Å². The predicted molar refractivity (Wildman–Crippen MR) is 85.5 cm³/mol. The summed E-state index contributed by atoms with van der Waals surface area (Å²) in [5, 5.41) is 7.58. The van der Waals surface area contributed by atoms with Crippen LogP contribution in [-0.2, 0) is 6.54 Å². The van der Waals surface area contributed by atoms with E-state index in [1.807, 2.05) is 6.92 Å². The number of halogens is 1. The van der Waals surface area contributed by atoms with Crippen molar-refractivity contribution in [1.82, 2.24) is 15.6 Å². The maximum Gasteiger partial charge on any atom is 0.191 e. The van der Waals surface area contributed by atoms with Gasteiger partial charge in [-0.15, -0.1) is 35.3 Å². The molecule has 6 heteroatoms. The van der Waals surface area contributed by atoms with Gasteiger partial charge in [-0.3, -0.25) is 4.99 Å². The summed E-state index contributed by atoms with van der Waals surface area (Å²) in [6.07, 6.45) is 1.09. The highest BCUT2D eigenvalue weighted by atomic mass is 127. The fourth-order valence-corrected chi connectivity index (χ4v) is 2.11. The number of hydrogen-bond donors (Lipinski definition) is 2. The van der Waals surface area contributed by atoms with Crippen LogP contribution >= 0.6 is 35.3 Å². The van der Waals surface area contributed by atoms with Crippen LogP contribution < -0.4 is 10.6 Å². The second kappa shape index (κ2) is 8.68. The highest BCUT2D eigenvalue weighted by Crippen LogP contribution is 2.15. The van der Waals surface area contributed by atoms with E-state index in [-0.39, 0.29) is 24.0 Å². The molecule has 0 bridgehead atoms. The Kier molecular flexibility index (Phi) is 8.49. The number of hydrogen-bond acceptors (Lipinski definition) is 3. The Balaban J connectivity index is 0.00000256. The molecule has 0 fully saturated rings. The molecule has 0 aliphatic rings. The van der Waals surface area contributed by atoms with Gasteiger partial charge in [-0.25, -0.2) is 4.98 Å². The molecule has 0 spiro atoms. The van der Waals surface area contributed by atoms with Gasteiger partial charge in [0.25, 0.3) is 0 Å². The lowest BCUT2D eigenvalue weighted by atomic mass is 10.4.